The molecule has 1 amide bonds. The molecule has 0 aromatic carbocycles. The summed E-state index contributed by atoms with van der Waals surface area (Å²) in [6, 6.07) is 0. The zero-order valence-corrected chi connectivity index (χ0v) is 11.7. The fourth-order valence-corrected chi connectivity index (χ4v) is 1.51. The summed E-state index contributed by atoms with van der Waals surface area (Å²) < 4.78 is 0. The lowest BCUT2D eigenvalue weighted by Crippen LogP contribution is -2.49. The molecule has 1 heterocycles. The molecule has 0 radical (unpaired) electrons. The van der Waals surface area contributed by atoms with E-state index in [1.54, 1.807) is 31.4 Å². The molecule has 0 atom stereocenters. The second-order valence-corrected chi connectivity index (χ2v) is 4.63. The van der Waals surface area contributed by atoms with Gasteiger partial charge in [-0.3, -0.25) is 4.79 Å². The lowest BCUT2D eigenvalue weighted by molar-refractivity contribution is -0.125. The molecule has 7 heteroatoms. The van der Waals surface area contributed by atoms with Crippen molar-refractivity contribution in [1.29, 1.82) is 0 Å². The van der Waals surface area contributed by atoms with Gasteiger partial charge in [-0.25, -0.2) is 4.98 Å². The van der Waals surface area contributed by atoms with Crippen LogP contribution in [0.25, 0.3) is 0 Å². The van der Waals surface area contributed by atoms with E-state index in [1.165, 1.54) is 0 Å². The minimum Gasteiger partial charge on any atom is -0.354 e. The highest BCUT2D eigenvalue weighted by Gasteiger charge is 2.20. The van der Waals surface area contributed by atoms with Crippen LogP contribution in [0.4, 0.5) is 0 Å². The first kappa shape index (κ1) is 18.0. The van der Waals surface area contributed by atoms with Crippen molar-refractivity contribution in [2.45, 2.75) is 25.8 Å². The van der Waals surface area contributed by atoms with Gasteiger partial charge < -0.3 is 11.1 Å². The van der Waals surface area contributed by atoms with Gasteiger partial charge >= 0.3 is 0 Å². The number of nitrogens with zero attached hydrogens (tertiary/aromatic N) is 1. The Kier molecular flexibility index (Phi) is 8.83. The number of carbonyl (C=O) groups excluding carboxylic acids is 1. The van der Waals surface area contributed by atoms with E-state index in [4.69, 9.17) is 5.73 Å². The Morgan fingerprint density at radius 3 is 2.62 bits per heavy atom. The topological polar surface area (TPSA) is 68.0 Å². The summed E-state index contributed by atoms with van der Waals surface area (Å²) in [5, 5.41) is 5.71. The number of rotatable bonds is 4. The van der Waals surface area contributed by atoms with Crippen LogP contribution in [0.2, 0.25) is 0 Å². The van der Waals surface area contributed by atoms with E-state index in [-0.39, 0.29) is 30.7 Å². The predicted octanol–water partition coefficient (Wildman–Crippen LogP) is 1.38. The number of thiazole rings is 1. The van der Waals surface area contributed by atoms with Crippen LogP contribution in [0.15, 0.2) is 11.6 Å². The highest BCUT2D eigenvalue weighted by Crippen LogP contribution is 2.03. The maximum atomic E-state index is 11.3. The molecular formula is C9H17Cl2N3OS. The second-order valence-electron chi connectivity index (χ2n) is 3.65. The summed E-state index contributed by atoms with van der Waals surface area (Å²) in [6.45, 7) is 3.96. The van der Waals surface area contributed by atoms with Gasteiger partial charge in [0, 0.05) is 24.5 Å². The molecule has 0 fully saturated rings. The number of hydrogen-bond donors (Lipinski definition) is 2. The molecule has 4 nitrogen and oxygen atoms in total. The minimum absolute atomic E-state index is 0. The molecule has 0 bridgehead atoms. The van der Waals surface area contributed by atoms with Gasteiger partial charge in [-0.15, -0.1) is 36.2 Å². The van der Waals surface area contributed by atoms with Gasteiger partial charge in [0.15, 0.2) is 0 Å². The number of hydrogen-bond acceptors (Lipinski definition) is 4. The maximum absolute atomic E-state index is 11.3. The molecule has 1 aromatic rings. The summed E-state index contributed by atoms with van der Waals surface area (Å²) in [5.74, 6) is -0.131. The minimum atomic E-state index is -0.803. The number of nitrogens with one attached hydrogen (secondary N) is 1. The van der Waals surface area contributed by atoms with Crippen LogP contribution in [0.3, 0.4) is 0 Å². The third-order valence-corrected chi connectivity index (χ3v) is 2.53. The largest absolute Gasteiger partial charge is 0.354 e. The van der Waals surface area contributed by atoms with Gasteiger partial charge in [-0.1, -0.05) is 0 Å². The van der Waals surface area contributed by atoms with Gasteiger partial charge in [0.05, 0.1) is 10.5 Å². The predicted molar refractivity (Wildman–Crippen MR) is 71.6 cm³/mol. The second kappa shape index (κ2) is 7.84. The molecule has 1 aromatic heterocycles. The molecule has 0 saturated heterocycles. The molecule has 0 unspecified atom stereocenters. The smallest absolute Gasteiger partial charge is 0.239 e. The molecule has 0 saturated carbocycles. The Balaban J connectivity index is 0. The zero-order chi connectivity index (χ0) is 10.6. The van der Waals surface area contributed by atoms with E-state index < -0.39 is 5.54 Å². The van der Waals surface area contributed by atoms with Crippen molar-refractivity contribution in [2.24, 2.45) is 5.73 Å². The first-order chi connectivity index (χ1) is 6.50. The Hall–Kier alpha value is -0.360. The molecule has 16 heavy (non-hydrogen) atoms. The van der Waals surface area contributed by atoms with Gasteiger partial charge in [0.25, 0.3) is 0 Å². The standard InChI is InChI=1S/C9H15N3OS.2ClH/c1-9(2,10)8(13)12-4-3-7-11-5-6-14-7;;/h5-6H,3-4,10H2,1-2H3,(H,12,13);2*1H. The van der Waals surface area contributed by atoms with E-state index in [9.17, 15) is 4.79 Å². The Morgan fingerprint density at radius 2 is 2.19 bits per heavy atom. The Labute approximate surface area is 112 Å². The zero-order valence-electron chi connectivity index (χ0n) is 9.23. The molecule has 0 aliphatic carbocycles. The van der Waals surface area contributed by atoms with Crippen LogP contribution >= 0.6 is 36.2 Å². The van der Waals surface area contributed by atoms with Crippen molar-refractivity contribution in [3.8, 4) is 0 Å². The quantitative estimate of drug-likeness (QED) is 0.878. The highest BCUT2D eigenvalue weighted by molar-refractivity contribution is 7.09. The normalized spacial score (nSPS) is 9.94. The van der Waals surface area contributed by atoms with Crippen LogP contribution < -0.4 is 11.1 Å². The maximum Gasteiger partial charge on any atom is 0.239 e. The summed E-state index contributed by atoms with van der Waals surface area (Å²) in [4.78, 5) is 15.5. The first-order valence-corrected chi connectivity index (χ1v) is 5.33. The summed E-state index contributed by atoms with van der Waals surface area (Å²) in [5.41, 5.74) is 4.81. The van der Waals surface area contributed by atoms with Crippen molar-refractivity contribution in [1.82, 2.24) is 10.3 Å². The van der Waals surface area contributed by atoms with E-state index in [2.05, 4.69) is 10.3 Å². The highest BCUT2D eigenvalue weighted by atomic mass is 35.5. The van der Waals surface area contributed by atoms with Crippen LogP contribution in [0, 0.1) is 0 Å². The van der Waals surface area contributed by atoms with Crippen LogP contribution in [0.1, 0.15) is 18.9 Å². The first-order valence-electron chi connectivity index (χ1n) is 4.45. The lowest BCUT2D eigenvalue weighted by Gasteiger charge is -2.17. The number of carbonyl (C=O) groups is 1. The van der Waals surface area contributed by atoms with Crippen molar-refractivity contribution < 1.29 is 4.79 Å². The summed E-state index contributed by atoms with van der Waals surface area (Å²) in [6.07, 6.45) is 2.52. The third-order valence-electron chi connectivity index (χ3n) is 1.69. The Morgan fingerprint density at radius 1 is 1.56 bits per heavy atom. The molecule has 0 spiro atoms. The Bertz CT molecular complexity index is 298. The van der Waals surface area contributed by atoms with Gasteiger partial charge in [0.2, 0.25) is 5.91 Å². The number of amides is 1. The van der Waals surface area contributed by atoms with Crippen molar-refractivity contribution in [2.75, 3.05) is 6.54 Å². The molecule has 0 aliphatic heterocycles. The van der Waals surface area contributed by atoms with Gasteiger partial charge in [-0.05, 0) is 13.8 Å². The number of aromatic nitrogens is 1. The van der Waals surface area contributed by atoms with Gasteiger partial charge in [-0.2, -0.15) is 0 Å². The number of halogens is 2. The van der Waals surface area contributed by atoms with E-state index >= 15 is 0 Å². The van der Waals surface area contributed by atoms with Crippen molar-refractivity contribution >= 4 is 42.1 Å². The van der Waals surface area contributed by atoms with Gasteiger partial charge in [0.1, 0.15) is 0 Å². The third kappa shape index (κ3) is 6.27. The fraction of sp³-hybridized carbons (Fsp3) is 0.556. The van der Waals surface area contributed by atoms with E-state index in [1.807, 2.05) is 5.38 Å². The average Bonchev–Trinajstić information content (AvgIpc) is 2.55. The molecule has 1 rings (SSSR count). The average molecular weight is 286 g/mol. The molecular weight excluding hydrogens is 269 g/mol. The fourth-order valence-electron chi connectivity index (χ4n) is 0.887. The molecule has 3 N–H and O–H groups in total. The van der Waals surface area contributed by atoms with Crippen molar-refractivity contribution in [3.05, 3.63) is 16.6 Å². The number of nitrogens with two attached hydrogens (primary N) is 1. The molecule has 94 valence electrons. The van der Waals surface area contributed by atoms with E-state index in [0.717, 1.165) is 11.4 Å². The molecule has 0 aliphatic rings. The van der Waals surface area contributed by atoms with Crippen LogP contribution in [0.5, 0.6) is 0 Å². The summed E-state index contributed by atoms with van der Waals surface area (Å²) in [7, 11) is 0. The van der Waals surface area contributed by atoms with Crippen LogP contribution in [-0.4, -0.2) is 23.0 Å². The monoisotopic (exact) mass is 285 g/mol. The van der Waals surface area contributed by atoms with Crippen molar-refractivity contribution in [3.63, 3.8) is 0 Å². The van der Waals surface area contributed by atoms with Crippen LogP contribution in [-0.2, 0) is 11.2 Å². The summed E-state index contributed by atoms with van der Waals surface area (Å²) >= 11 is 1.59. The van der Waals surface area contributed by atoms with E-state index in [0.29, 0.717) is 6.54 Å². The lowest BCUT2D eigenvalue weighted by atomic mass is 10.1. The SMILES string of the molecule is CC(C)(N)C(=O)NCCc1nccs1.Cl.Cl.